The zero-order chi connectivity index (χ0) is 14.9. The summed E-state index contributed by atoms with van der Waals surface area (Å²) >= 11 is 0. The van der Waals surface area contributed by atoms with Crippen LogP contribution < -0.4 is 0 Å². The molecule has 2 aliphatic heterocycles. The molecule has 1 aromatic carbocycles. The summed E-state index contributed by atoms with van der Waals surface area (Å²) in [5.41, 5.74) is 2.53. The molecule has 1 atom stereocenters. The molecule has 0 amide bonds. The molecule has 2 aliphatic rings. The second-order valence-corrected chi connectivity index (χ2v) is 6.92. The van der Waals surface area contributed by atoms with Gasteiger partial charge in [-0.25, -0.2) is 0 Å². The minimum Gasteiger partial charge on any atom is -0.296 e. The molecule has 0 bridgehead atoms. The Morgan fingerprint density at radius 3 is 2.86 bits per heavy atom. The molecule has 0 unspecified atom stereocenters. The summed E-state index contributed by atoms with van der Waals surface area (Å²) in [5, 5.41) is 1.31. The molecule has 116 valence electrons. The Bertz CT molecular complexity index is 643. The van der Waals surface area contributed by atoms with Gasteiger partial charge in [0.05, 0.1) is 5.52 Å². The third kappa shape index (κ3) is 2.64. The van der Waals surface area contributed by atoms with Gasteiger partial charge in [0.2, 0.25) is 0 Å². The first-order valence-corrected chi connectivity index (χ1v) is 8.62. The second-order valence-electron chi connectivity index (χ2n) is 6.92. The van der Waals surface area contributed by atoms with Crippen molar-refractivity contribution in [1.82, 2.24) is 14.8 Å². The number of pyridine rings is 1. The van der Waals surface area contributed by atoms with E-state index in [9.17, 15) is 0 Å². The van der Waals surface area contributed by atoms with Gasteiger partial charge in [0.1, 0.15) is 0 Å². The first-order chi connectivity index (χ1) is 10.8. The number of aromatic nitrogens is 1. The van der Waals surface area contributed by atoms with E-state index >= 15 is 0 Å². The van der Waals surface area contributed by atoms with Crippen molar-refractivity contribution >= 4 is 10.9 Å². The highest BCUT2D eigenvalue weighted by Crippen LogP contribution is 2.26. The summed E-state index contributed by atoms with van der Waals surface area (Å²) in [6.45, 7) is 7.21. The molecular formula is C19H25N3. The average molecular weight is 295 g/mol. The lowest BCUT2D eigenvalue weighted by Crippen LogP contribution is -2.61. The normalized spacial score (nSPS) is 24.5. The van der Waals surface area contributed by atoms with E-state index < -0.39 is 0 Å². The Labute approximate surface area is 132 Å². The Balaban J connectivity index is 1.41. The highest BCUT2D eigenvalue weighted by Gasteiger charge is 2.34. The maximum atomic E-state index is 4.46. The summed E-state index contributed by atoms with van der Waals surface area (Å²) in [7, 11) is 0. The molecule has 2 fully saturated rings. The molecular weight excluding hydrogens is 270 g/mol. The minimum atomic E-state index is 0.780. The maximum absolute atomic E-state index is 4.46. The predicted molar refractivity (Wildman–Crippen MR) is 90.8 cm³/mol. The van der Waals surface area contributed by atoms with E-state index in [1.165, 1.54) is 49.8 Å². The lowest BCUT2D eigenvalue weighted by atomic mass is 9.97. The van der Waals surface area contributed by atoms with Gasteiger partial charge in [0, 0.05) is 43.3 Å². The van der Waals surface area contributed by atoms with Crippen molar-refractivity contribution in [3.05, 3.63) is 42.1 Å². The molecule has 1 aromatic heterocycles. The van der Waals surface area contributed by atoms with Crippen LogP contribution in [0.25, 0.3) is 10.9 Å². The molecule has 22 heavy (non-hydrogen) atoms. The van der Waals surface area contributed by atoms with Gasteiger partial charge < -0.3 is 0 Å². The first-order valence-electron chi connectivity index (χ1n) is 8.62. The SMILES string of the molecule is C[C@@H]1CCCCN1C1CN(Cc2ccnc3ccccc23)C1. The number of hydrogen-bond acceptors (Lipinski definition) is 3. The molecule has 2 saturated heterocycles. The van der Waals surface area contributed by atoms with Crippen LogP contribution in [0.3, 0.4) is 0 Å². The molecule has 0 aliphatic carbocycles. The van der Waals surface area contributed by atoms with Crippen molar-refractivity contribution in [3.63, 3.8) is 0 Å². The molecule has 0 spiro atoms. The van der Waals surface area contributed by atoms with Crippen LogP contribution in [0.1, 0.15) is 31.7 Å². The summed E-state index contributed by atoms with van der Waals surface area (Å²) in [4.78, 5) is 9.78. The van der Waals surface area contributed by atoms with E-state index in [0.29, 0.717) is 0 Å². The van der Waals surface area contributed by atoms with Gasteiger partial charge >= 0.3 is 0 Å². The van der Waals surface area contributed by atoms with Crippen LogP contribution in [0.4, 0.5) is 0 Å². The molecule has 4 rings (SSSR count). The number of piperidine rings is 1. The number of fused-ring (bicyclic) bond motifs is 1. The highest BCUT2D eigenvalue weighted by molar-refractivity contribution is 5.81. The third-order valence-corrected chi connectivity index (χ3v) is 5.39. The van der Waals surface area contributed by atoms with Gasteiger partial charge in [-0.3, -0.25) is 14.8 Å². The van der Waals surface area contributed by atoms with E-state index in [1.54, 1.807) is 0 Å². The number of para-hydroxylation sites is 1. The van der Waals surface area contributed by atoms with Crippen molar-refractivity contribution < 1.29 is 0 Å². The molecule has 0 radical (unpaired) electrons. The van der Waals surface area contributed by atoms with E-state index in [2.05, 4.69) is 52.0 Å². The number of rotatable bonds is 3. The van der Waals surface area contributed by atoms with E-state index in [1.807, 2.05) is 6.20 Å². The molecule has 2 aromatic rings. The van der Waals surface area contributed by atoms with Crippen molar-refractivity contribution in [2.45, 2.75) is 44.8 Å². The lowest BCUT2D eigenvalue weighted by molar-refractivity contribution is -0.00602. The number of benzene rings is 1. The van der Waals surface area contributed by atoms with Crippen LogP contribution in [-0.2, 0) is 6.54 Å². The fourth-order valence-corrected chi connectivity index (χ4v) is 4.08. The largest absolute Gasteiger partial charge is 0.296 e. The fraction of sp³-hybridized carbons (Fsp3) is 0.526. The predicted octanol–water partition coefficient (Wildman–Crippen LogP) is 3.29. The average Bonchev–Trinajstić information content (AvgIpc) is 2.52. The zero-order valence-corrected chi connectivity index (χ0v) is 13.4. The van der Waals surface area contributed by atoms with E-state index in [4.69, 9.17) is 0 Å². The summed E-state index contributed by atoms with van der Waals surface area (Å²) < 4.78 is 0. The van der Waals surface area contributed by atoms with Gasteiger partial charge in [-0.2, -0.15) is 0 Å². The molecule has 3 heterocycles. The Morgan fingerprint density at radius 2 is 2.00 bits per heavy atom. The Kier molecular flexibility index (Phi) is 3.85. The summed E-state index contributed by atoms with van der Waals surface area (Å²) in [5.74, 6) is 0. The first kappa shape index (κ1) is 14.2. The lowest BCUT2D eigenvalue weighted by Gasteiger charge is -2.49. The summed E-state index contributed by atoms with van der Waals surface area (Å²) in [6.07, 6.45) is 6.13. The van der Waals surface area contributed by atoms with Crippen LogP contribution in [0.2, 0.25) is 0 Å². The Hall–Kier alpha value is -1.45. The molecule has 3 heteroatoms. The molecule has 3 nitrogen and oxygen atoms in total. The second kappa shape index (κ2) is 5.98. The van der Waals surface area contributed by atoms with Gasteiger partial charge in [0.15, 0.2) is 0 Å². The van der Waals surface area contributed by atoms with Crippen LogP contribution >= 0.6 is 0 Å². The number of nitrogens with zero attached hydrogens (tertiary/aromatic N) is 3. The third-order valence-electron chi connectivity index (χ3n) is 5.39. The topological polar surface area (TPSA) is 19.4 Å². The van der Waals surface area contributed by atoms with Crippen molar-refractivity contribution in [1.29, 1.82) is 0 Å². The monoisotopic (exact) mass is 295 g/mol. The number of likely N-dealkylation sites (tertiary alicyclic amines) is 2. The van der Waals surface area contributed by atoms with E-state index in [-0.39, 0.29) is 0 Å². The minimum absolute atomic E-state index is 0.780. The number of hydrogen-bond donors (Lipinski definition) is 0. The molecule has 0 N–H and O–H groups in total. The van der Waals surface area contributed by atoms with Crippen LogP contribution in [0, 0.1) is 0 Å². The van der Waals surface area contributed by atoms with Gasteiger partial charge in [-0.15, -0.1) is 0 Å². The zero-order valence-electron chi connectivity index (χ0n) is 13.4. The van der Waals surface area contributed by atoms with Gasteiger partial charge in [0.25, 0.3) is 0 Å². The highest BCUT2D eigenvalue weighted by atomic mass is 15.3. The fourth-order valence-electron chi connectivity index (χ4n) is 4.08. The van der Waals surface area contributed by atoms with E-state index in [0.717, 1.165) is 24.1 Å². The van der Waals surface area contributed by atoms with Gasteiger partial charge in [-0.1, -0.05) is 24.6 Å². The van der Waals surface area contributed by atoms with Crippen LogP contribution in [0.5, 0.6) is 0 Å². The molecule has 0 saturated carbocycles. The standard InChI is InChI=1S/C19H25N3/c1-15-6-4-5-11-22(15)17-13-21(14-17)12-16-9-10-20-19-8-3-2-7-18(16)19/h2-3,7-10,15,17H,4-6,11-14H2,1H3/t15-/m1/s1. The van der Waals surface area contributed by atoms with Crippen molar-refractivity contribution in [3.8, 4) is 0 Å². The van der Waals surface area contributed by atoms with Crippen molar-refractivity contribution in [2.75, 3.05) is 19.6 Å². The summed E-state index contributed by atoms with van der Waals surface area (Å²) in [6, 6.07) is 12.2. The quantitative estimate of drug-likeness (QED) is 0.866. The van der Waals surface area contributed by atoms with Crippen LogP contribution in [-0.4, -0.2) is 46.5 Å². The Morgan fingerprint density at radius 1 is 1.14 bits per heavy atom. The maximum Gasteiger partial charge on any atom is 0.0705 e. The van der Waals surface area contributed by atoms with Crippen LogP contribution in [0.15, 0.2) is 36.5 Å². The van der Waals surface area contributed by atoms with Gasteiger partial charge in [-0.05, 0) is 44.0 Å². The smallest absolute Gasteiger partial charge is 0.0705 e. The van der Waals surface area contributed by atoms with Crippen molar-refractivity contribution in [2.24, 2.45) is 0 Å².